The standard InChI is InChI=1S/C13H20N4O.2C2HF3O2/c1-10-6-16-12(17-7-10)15-4-2-11-3-5-18-13(11)8-14-9-13;2*3-2(4,5)1(6)7/h6-7,11,14H,2-5,8-9H2,1H3,(H,15,16,17);2*(H,6,7). The minimum absolute atomic E-state index is 0.135. The van der Waals surface area contributed by atoms with Gasteiger partial charge in [-0.25, -0.2) is 19.6 Å². The highest BCUT2D eigenvalue weighted by Gasteiger charge is 2.48. The summed E-state index contributed by atoms with van der Waals surface area (Å²) < 4.78 is 69.4. The fraction of sp³-hybridized carbons (Fsp3) is 0.647. The van der Waals surface area contributed by atoms with Crippen molar-refractivity contribution in [3.05, 3.63) is 18.0 Å². The van der Waals surface area contributed by atoms with Crippen LogP contribution in [0.25, 0.3) is 0 Å². The molecular weight excluding hydrogens is 454 g/mol. The summed E-state index contributed by atoms with van der Waals surface area (Å²) in [4.78, 5) is 26.3. The van der Waals surface area contributed by atoms with Gasteiger partial charge in [0.1, 0.15) is 0 Å². The zero-order valence-corrected chi connectivity index (χ0v) is 16.8. The first-order valence-corrected chi connectivity index (χ1v) is 9.15. The van der Waals surface area contributed by atoms with E-state index in [0.717, 1.165) is 44.2 Å². The molecule has 1 aromatic heterocycles. The topological polar surface area (TPSA) is 134 Å². The number of aromatic nitrogens is 2. The number of hydrogen-bond donors (Lipinski definition) is 4. The first-order valence-electron chi connectivity index (χ1n) is 9.15. The zero-order chi connectivity index (χ0) is 24.6. The van der Waals surface area contributed by atoms with Gasteiger partial charge in [-0.2, -0.15) is 26.3 Å². The van der Waals surface area contributed by atoms with E-state index in [1.54, 1.807) is 0 Å². The molecule has 1 atom stereocenters. The fourth-order valence-corrected chi connectivity index (χ4v) is 2.80. The molecule has 3 rings (SSSR count). The maximum absolute atomic E-state index is 10.6. The molecule has 0 radical (unpaired) electrons. The normalized spacial score (nSPS) is 19.0. The fourth-order valence-electron chi connectivity index (χ4n) is 2.80. The molecule has 15 heteroatoms. The number of hydrogen-bond acceptors (Lipinski definition) is 7. The third kappa shape index (κ3) is 8.82. The average Bonchev–Trinajstić information content (AvgIpc) is 3.07. The van der Waals surface area contributed by atoms with E-state index in [2.05, 4.69) is 20.6 Å². The lowest BCUT2D eigenvalue weighted by molar-refractivity contribution is -0.193. The van der Waals surface area contributed by atoms with E-state index in [-0.39, 0.29) is 5.60 Å². The molecule has 0 bridgehead atoms. The maximum atomic E-state index is 10.6. The Hall–Kier alpha value is -2.68. The van der Waals surface area contributed by atoms with E-state index >= 15 is 0 Å². The summed E-state index contributed by atoms with van der Waals surface area (Å²) in [5.41, 5.74) is 1.22. The van der Waals surface area contributed by atoms with Crippen LogP contribution in [0.3, 0.4) is 0 Å². The number of carboxylic acids is 2. The molecule has 2 saturated heterocycles. The Morgan fingerprint density at radius 3 is 1.97 bits per heavy atom. The second kappa shape index (κ2) is 11.3. The lowest BCUT2D eigenvalue weighted by Crippen LogP contribution is -2.62. The van der Waals surface area contributed by atoms with Crippen molar-refractivity contribution < 1.29 is 50.9 Å². The predicted octanol–water partition coefficient (Wildman–Crippen LogP) is 2.23. The van der Waals surface area contributed by atoms with Gasteiger partial charge in [-0.15, -0.1) is 0 Å². The summed E-state index contributed by atoms with van der Waals surface area (Å²) in [5, 5.41) is 20.9. The Morgan fingerprint density at radius 2 is 1.59 bits per heavy atom. The van der Waals surface area contributed by atoms with Crippen LogP contribution in [0.5, 0.6) is 0 Å². The first kappa shape index (κ1) is 27.4. The van der Waals surface area contributed by atoms with Crippen molar-refractivity contribution in [3.63, 3.8) is 0 Å². The van der Waals surface area contributed by atoms with E-state index in [0.29, 0.717) is 5.92 Å². The molecule has 1 unspecified atom stereocenters. The van der Waals surface area contributed by atoms with E-state index in [1.807, 2.05) is 19.3 Å². The average molecular weight is 476 g/mol. The number of carboxylic acid groups (broad SMARTS) is 2. The highest BCUT2D eigenvalue weighted by atomic mass is 19.4. The monoisotopic (exact) mass is 476 g/mol. The molecule has 1 aromatic rings. The summed E-state index contributed by atoms with van der Waals surface area (Å²) in [6.45, 7) is 5.84. The highest BCUT2D eigenvalue weighted by Crippen LogP contribution is 2.37. The van der Waals surface area contributed by atoms with Gasteiger partial charge >= 0.3 is 24.3 Å². The smallest absolute Gasteiger partial charge is 0.475 e. The number of carbonyl (C=O) groups is 2. The summed E-state index contributed by atoms with van der Waals surface area (Å²) in [6.07, 6.45) is -4.19. The molecule has 9 nitrogen and oxygen atoms in total. The summed E-state index contributed by atoms with van der Waals surface area (Å²) >= 11 is 0. The largest absolute Gasteiger partial charge is 0.490 e. The molecule has 4 N–H and O–H groups in total. The second-order valence-corrected chi connectivity index (χ2v) is 6.91. The lowest BCUT2D eigenvalue weighted by atomic mass is 9.80. The number of ether oxygens (including phenoxy) is 1. The van der Waals surface area contributed by atoms with Crippen LogP contribution < -0.4 is 10.6 Å². The van der Waals surface area contributed by atoms with Crippen LogP contribution in [0.15, 0.2) is 12.4 Å². The Kier molecular flexibility index (Phi) is 9.63. The van der Waals surface area contributed by atoms with Crippen LogP contribution in [-0.2, 0) is 14.3 Å². The summed E-state index contributed by atoms with van der Waals surface area (Å²) in [5.74, 6) is -4.13. The molecule has 0 saturated carbocycles. The summed E-state index contributed by atoms with van der Waals surface area (Å²) in [6, 6.07) is 0. The van der Waals surface area contributed by atoms with Gasteiger partial charge < -0.3 is 25.6 Å². The van der Waals surface area contributed by atoms with Crippen molar-refractivity contribution in [2.75, 3.05) is 31.6 Å². The molecule has 0 aromatic carbocycles. The van der Waals surface area contributed by atoms with Crippen LogP contribution in [0.4, 0.5) is 32.3 Å². The molecule has 1 spiro atoms. The number of halogens is 6. The van der Waals surface area contributed by atoms with Crippen LogP contribution >= 0.6 is 0 Å². The van der Waals surface area contributed by atoms with Crippen LogP contribution in [-0.4, -0.2) is 76.3 Å². The minimum atomic E-state index is -5.08. The van der Waals surface area contributed by atoms with Crippen LogP contribution in [0.1, 0.15) is 18.4 Å². The SMILES string of the molecule is Cc1cnc(NCCC2CCOC23CNC3)nc1.O=C(O)C(F)(F)F.O=C(O)C(F)(F)F. The number of aliphatic carboxylic acids is 2. The van der Waals surface area contributed by atoms with Crippen molar-refractivity contribution in [1.29, 1.82) is 0 Å². The second-order valence-electron chi connectivity index (χ2n) is 6.91. The van der Waals surface area contributed by atoms with Crippen molar-refractivity contribution in [2.24, 2.45) is 5.92 Å². The number of anilines is 1. The number of aryl methyl sites for hydroxylation is 1. The van der Waals surface area contributed by atoms with Crippen molar-refractivity contribution in [1.82, 2.24) is 15.3 Å². The van der Waals surface area contributed by atoms with Crippen LogP contribution in [0.2, 0.25) is 0 Å². The van der Waals surface area contributed by atoms with Crippen LogP contribution in [0, 0.1) is 12.8 Å². The van der Waals surface area contributed by atoms with Gasteiger partial charge in [0.25, 0.3) is 0 Å². The van der Waals surface area contributed by atoms with Gasteiger partial charge in [0.05, 0.1) is 5.60 Å². The predicted molar refractivity (Wildman–Crippen MR) is 96.9 cm³/mol. The molecule has 2 aliphatic rings. The molecule has 2 fully saturated rings. The third-order valence-electron chi connectivity index (χ3n) is 4.49. The number of nitrogens with zero attached hydrogens (tertiary/aromatic N) is 2. The van der Waals surface area contributed by atoms with E-state index in [9.17, 15) is 26.3 Å². The quantitative estimate of drug-likeness (QED) is 0.483. The van der Waals surface area contributed by atoms with Gasteiger partial charge in [0.15, 0.2) is 0 Å². The molecule has 0 amide bonds. The third-order valence-corrected chi connectivity index (χ3v) is 4.49. The number of nitrogens with one attached hydrogen (secondary N) is 2. The van der Waals surface area contributed by atoms with Crippen molar-refractivity contribution in [3.8, 4) is 0 Å². The summed E-state index contributed by atoms with van der Waals surface area (Å²) in [7, 11) is 0. The molecule has 182 valence electrons. The minimum Gasteiger partial charge on any atom is -0.475 e. The molecule has 0 aliphatic carbocycles. The molecular formula is C17H22F6N4O5. The van der Waals surface area contributed by atoms with Crippen molar-refractivity contribution in [2.45, 2.75) is 37.7 Å². The Morgan fingerprint density at radius 1 is 1.12 bits per heavy atom. The number of alkyl halides is 6. The van der Waals surface area contributed by atoms with Gasteiger partial charge in [0, 0.05) is 38.6 Å². The van der Waals surface area contributed by atoms with E-state index < -0.39 is 24.3 Å². The van der Waals surface area contributed by atoms with Gasteiger partial charge in [-0.1, -0.05) is 0 Å². The Balaban J connectivity index is 0.000000305. The van der Waals surface area contributed by atoms with Gasteiger partial charge in [0.2, 0.25) is 5.95 Å². The molecule has 2 aliphatic heterocycles. The molecule has 32 heavy (non-hydrogen) atoms. The first-order chi connectivity index (χ1) is 14.7. The van der Waals surface area contributed by atoms with Crippen molar-refractivity contribution >= 4 is 17.9 Å². The van der Waals surface area contributed by atoms with Gasteiger partial charge in [-0.05, 0) is 31.2 Å². The highest BCUT2D eigenvalue weighted by molar-refractivity contribution is 5.73. The molecule has 3 heterocycles. The van der Waals surface area contributed by atoms with E-state index in [4.69, 9.17) is 24.5 Å². The van der Waals surface area contributed by atoms with E-state index in [1.165, 1.54) is 6.42 Å². The lowest BCUT2D eigenvalue weighted by Gasteiger charge is -2.43. The van der Waals surface area contributed by atoms with Gasteiger partial charge in [-0.3, -0.25) is 0 Å². The Bertz CT molecular complexity index is 729. The maximum Gasteiger partial charge on any atom is 0.490 e. The zero-order valence-electron chi connectivity index (χ0n) is 16.8. The Labute approximate surface area is 178 Å². The number of rotatable bonds is 4.